The molecule has 0 aliphatic rings. The molecule has 128 valence electrons. The number of benzene rings is 3. The maximum atomic E-state index is 9.96. The van der Waals surface area contributed by atoms with Gasteiger partial charge in [-0.2, -0.15) is 0 Å². The van der Waals surface area contributed by atoms with E-state index in [1.54, 1.807) is 12.1 Å². The lowest BCUT2D eigenvalue weighted by atomic mass is 9.89. The predicted octanol–water partition coefficient (Wildman–Crippen LogP) is 5.46. The second-order valence-electron chi connectivity index (χ2n) is 6.81. The van der Waals surface area contributed by atoms with Crippen LogP contribution < -0.4 is 0 Å². The lowest BCUT2D eigenvalue weighted by Crippen LogP contribution is -1.98. The topological polar surface area (TPSA) is 40.5 Å². The van der Waals surface area contributed by atoms with Crippen LogP contribution in [0, 0.1) is 13.8 Å². The van der Waals surface area contributed by atoms with Gasteiger partial charge in [-0.1, -0.05) is 55.5 Å². The lowest BCUT2D eigenvalue weighted by molar-refractivity contribution is 0.466. The summed E-state index contributed by atoms with van der Waals surface area (Å²) in [5.41, 5.74) is 6.76. The highest BCUT2D eigenvalue weighted by atomic mass is 16.3. The van der Waals surface area contributed by atoms with E-state index >= 15 is 0 Å². The van der Waals surface area contributed by atoms with Gasteiger partial charge in [-0.25, -0.2) is 0 Å². The van der Waals surface area contributed by atoms with Gasteiger partial charge in [-0.3, -0.25) is 0 Å². The number of phenols is 2. The van der Waals surface area contributed by atoms with Crippen LogP contribution in [0.15, 0.2) is 60.7 Å². The van der Waals surface area contributed by atoms with E-state index in [2.05, 4.69) is 43.3 Å². The third kappa shape index (κ3) is 3.85. The number of rotatable bonds is 4. The first-order valence-corrected chi connectivity index (χ1v) is 8.61. The van der Waals surface area contributed by atoms with Crippen molar-refractivity contribution < 1.29 is 10.2 Å². The Morgan fingerprint density at radius 2 is 1.20 bits per heavy atom. The fraction of sp³-hybridized carbons (Fsp3) is 0.217. The van der Waals surface area contributed by atoms with Gasteiger partial charge in [0.15, 0.2) is 0 Å². The van der Waals surface area contributed by atoms with Crippen molar-refractivity contribution in [3.8, 4) is 11.5 Å². The van der Waals surface area contributed by atoms with Crippen LogP contribution in [0.25, 0.3) is 0 Å². The van der Waals surface area contributed by atoms with Gasteiger partial charge in [-0.15, -0.1) is 0 Å². The Labute approximate surface area is 149 Å². The molecule has 0 aromatic heterocycles. The van der Waals surface area contributed by atoms with Crippen LogP contribution in [0.5, 0.6) is 11.5 Å². The van der Waals surface area contributed by atoms with E-state index in [0.29, 0.717) is 11.5 Å². The molecule has 0 aliphatic carbocycles. The molecule has 0 amide bonds. The highest BCUT2D eigenvalue weighted by molar-refractivity contribution is 5.45. The number of aryl methyl sites for hydroxylation is 2. The molecule has 2 N–H and O–H groups in total. The molecule has 0 aliphatic heterocycles. The molecule has 3 aromatic carbocycles. The van der Waals surface area contributed by atoms with E-state index < -0.39 is 0 Å². The van der Waals surface area contributed by atoms with E-state index in [0.717, 1.165) is 17.5 Å². The molecule has 1 unspecified atom stereocenters. The molecular weight excluding hydrogens is 308 g/mol. The maximum Gasteiger partial charge on any atom is 0.121 e. The maximum absolute atomic E-state index is 9.96. The highest BCUT2D eigenvalue weighted by Gasteiger charge is 2.12. The van der Waals surface area contributed by atoms with E-state index in [-0.39, 0.29) is 5.92 Å². The molecule has 3 aromatic rings. The zero-order valence-corrected chi connectivity index (χ0v) is 15.0. The predicted molar refractivity (Wildman–Crippen MR) is 102 cm³/mol. The lowest BCUT2D eigenvalue weighted by Gasteiger charge is -2.16. The van der Waals surface area contributed by atoms with Crippen molar-refractivity contribution in [1.29, 1.82) is 0 Å². The molecule has 3 rings (SSSR count). The summed E-state index contributed by atoms with van der Waals surface area (Å²) in [4.78, 5) is 0. The molecule has 0 heterocycles. The molecule has 25 heavy (non-hydrogen) atoms. The zero-order valence-electron chi connectivity index (χ0n) is 15.0. The molecule has 2 nitrogen and oxygen atoms in total. The van der Waals surface area contributed by atoms with Crippen molar-refractivity contribution in [2.75, 3.05) is 0 Å². The summed E-state index contributed by atoms with van der Waals surface area (Å²) < 4.78 is 0. The monoisotopic (exact) mass is 332 g/mol. The summed E-state index contributed by atoms with van der Waals surface area (Å²) in [6.45, 7) is 6.08. The van der Waals surface area contributed by atoms with Crippen LogP contribution in [-0.4, -0.2) is 10.2 Å². The Morgan fingerprint density at radius 1 is 0.720 bits per heavy atom. The van der Waals surface area contributed by atoms with Crippen molar-refractivity contribution in [3.05, 3.63) is 94.0 Å². The Balaban J connectivity index is 1.78. The van der Waals surface area contributed by atoms with Crippen molar-refractivity contribution in [3.63, 3.8) is 0 Å². The van der Waals surface area contributed by atoms with E-state index in [9.17, 15) is 10.2 Å². The average molecular weight is 332 g/mol. The third-order valence-electron chi connectivity index (χ3n) is 4.84. The van der Waals surface area contributed by atoms with Crippen LogP contribution in [-0.2, 0) is 6.42 Å². The molecular formula is C23H24O2. The SMILES string of the molecule is Cc1cc(C(C)c2ccc(Cc3ccc(O)cc3)cc2)cc(C)c1O. The van der Waals surface area contributed by atoms with Gasteiger partial charge in [0.1, 0.15) is 11.5 Å². The van der Waals surface area contributed by atoms with Crippen molar-refractivity contribution >= 4 is 0 Å². The first kappa shape index (κ1) is 17.1. The quantitative estimate of drug-likeness (QED) is 0.666. The highest BCUT2D eigenvalue weighted by Crippen LogP contribution is 2.30. The fourth-order valence-corrected chi connectivity index (χ4v) is 3.21. The van der Waals surface area contributed by atoms with Gasteiger partial charge >= 0.3 is 0 Å². The largest absolute Gasteiger partial charge is 0.508 e. The van der Waals surface area contributed by atoms with E-state index in [1.165, 1.54) is 22.3 Å². The van der Waals surface area contributed by atoms with Gasteiger partial charge in [0.25, 0.3) is 0 Å². The van der Waals surface area contributed by atoms with Gasteiger partial charge in [0.05, 0.1) is 0 Å². The van der Waals surface area contributed by atoms with Crippen LogP contribution in [0.3, 0.4) is 0 Å². The first-order valence-electron chi connectivity index (χ1n) is 8.61. The minimum absolute atomic E-state index is 0.278. The zero-order chi connectivity index (χ0) is 18.0. The second-order valence-corrected chi connectivity index (χ2v) is 6.81. The first-order chi connectivity index (χ1) is 11.9. The minimum Gasteiger partial charge on any atom is -0.508 e. The van der Waals surface area contributed by atoms with Crippen LogP contribution >= 0.6 is 0 Å². The van der Waals surface area contributed by atoms with E-state index in [4.69, 9.17) is 0 Å². The normalized spacial score (nSPS) is 12.1. The van der Waals surface area contributed by atoms with Crippen molar-refractivity contribution in [1.82, 2.24) is 0 Å². The minimum atomic E-state index is 0.278. The van der Waals surface area contributed by atoms with Crippen molar-refractivity contribution in [2.24, 2.45) is 0 Å². The average Bonchev–Trinajstić information content (AvgIpc) is 2.61. The van der Waals surface area contributed by atoms with Gasteiger partial charge in [0, 0.05) is 5.92 Å². The molecule has 0 bridgehead atoms. The third-order valence-corrected chi connectivity index (χ3v) is 4.84. The Kier molecular flexibility index (Phi) is 4.80. The summed E-state index contributed by atoms with van der Waals surface area (Å²) in [5, 5.41) is 19.3. The van der Waals surface area contributed by atoms with E-state index in [1.807, 2.05) is 26.0 Å². The smallest absolute Gasteiger partial charge is 0.121 e. The summed E-state index contributed by atoms with van der Waals surface area (Å²) in [7, 11) is 0. The number of hydrogen-bond donors (Lipinski definition) is 2. The standard InChI is InChI=1S/C23H24O2/c1-15-12-21(13-16(2)23(15)25)17(3)20-8-4-18(5-9-20)14-19-6-10-22(24)11-7-19/h4-13,17,24-25H,14H2,1-3H3. The second kappa shape index (κ2) is 7.02. The Bertz CT molecular complexity index is 839. The Morgan fingerprint density at radius 3 is 1.72 bits per heavy atom. The van der Waals surface area contributed by atoms with Crippen LogP contribution in [0.4, 0.5) is 0 Å². The van der Waals surface area contributed by atoms with Gasteiger partial charge in [0.2, 0.25) is 0 Å². The fourth-order valence-electron chi connectivity index (χ4n) is 3.21. The molecule has 0 spiro atoms. The molecule has 1 atom stereocenters. The van der Waals surface area contributed by atoms with Gasteiger partial charge in [-0.05, 0) is 65.8 Å². The summed E-state index contributed by atoms with van der Waals surface area (Å²) in [6.07, 6.45) is 0.854. The van der Waals surface area contributed by atoms with Crippen molar-refractivity contribution in [2.45, 2.75) is 33.1 Å². The summed E-state index contributed by atoms with van der Waals surface area (Å²) >= 11 is 0. The summed E-state index contributed by atoms with van der Waals surface area (Å²) in [5.74, 6) is 0.966. The number of hydrogen-bond acceptors (Lipinski definition) is 2. The number of phenolic OH excluding ortho intramolecular Hbond substituents is 2. The summed E-state index contributed by atoms with van der Waals surface area (Å²) in [6, 6.07) is 20.2. The molecule has 2 heteroatoms. The molecule has 0 saturated heterocycles. The van der Waals surface area contributed by atoms with Crippen LogP contribution in [0.1, 0.15) is 46.2 Å². The van der Waals surface area contributed by atoms with Crippen LogP contribution in [0.2, 0.25) is 0 Å². The number of aromatic hydroxyl groups is 2. The molecule has 0 saturated carbocycles. The molecule has 0 radical (unpaired) electrons. The Hall–Kier alpha value is -2.74. The van der Waals surface area contributed by atoms with Gasteiger partial charge < -0.3 is 10.2 Å². The molecule has 0 fully saturated rings.